The van der Waals surface area contributed by atoms with E-state index in [1.807, 2.05) is 37.3 Å². The zero-order chi connectivity index (χ0) is 13.0. The Morgan fingerprint density at radius 1 is 1.11 bits per heavy atom. The highest BCUT2D eigenvalue weighted by Crippen LogP contribution is 2.27. The van der Waals surface area contributed by atoms with Crippen molar-refractivity contribution in [1.29, 1.82) is 0 Å². The number of nitrogens with two attached hydrogens (primary N) is 1. The van der Waals surface area contributed by atoms with Crippen molar-refractivity contribution >= 4 is 17.1 Å². The Morgan fingerprint density at radius 3 is 2.61 bits per heavy atom. The van der Waals surface area contributed by atoms with Crippen molar-refractivity contribution in [2.24, 2.45) is 0 Å². The molecule has 18 heavy (non-hydrogen) atoms. The van der Waals surface area contributed by atoms with E-state index in [4.69, 9.17) is 10.5 Å². The molecule has 0 amide bonds. The molecule has 0 radical (unpaired) electrons. The number of rotatable bonds is 4. The summed E-state index contributed by atoms with van der Waals surface area (Å²) in [5, 5.41) is 3.34. The predicted molar refractivity (Wildman–Crippen MR) is 76.5 cm³/mol. The van der Waals surface area contributed by atoms with Crippen LogP contribution in [0.2, 0.25) is 0 Å². The van der Waals surface area contributed by atoms with Crippen molar-refractivity contribution < 1.29 is 4.74 Å². The minimum Gasteiger partial charge on any atom is -0.492 e. The number of anilines is 3. The molecule has 3 heteroatoms. The number of ether oxygens (including phenoxy) is 1. The highest BCUT2D eigenvalue weighted by atomic mass is 16.5. The molecule has 0 aromatic heterocycles. The third-order valence-corrected chi connectivity index (χ3v) is 2.62. The molecule has 94 valence electrons. The molecule has 0 fully saturated rings. The van der Waals surface area contributed by atoms with Crippen LogP contribution in [0.15, 0.2) is 42.5 Å². The highest BCUT2D eigenvalue weighted by molar-refractivity contribution is 5.67. The summed E-state index contributed by atoms with van der Waals surface area (Å²) in [6, 6.07) is 13.9. The monoisotopic (exact) mass is 242 g/mol. The number of aryl methyl sites for hydroxylation is 1. The van der Waals surface area contributed by atoms with Gasteiger partial charge in [-0.2, -0.15) is 0 Å². The van der Waals surface area contributed by atoms with Crippen LogP contribution in [0.3, 0.4) is 0 Å². The molecule has 0 atom stereocenters. The Morgan fingerprint density at radius 2 is 1.89 bits per heavy atom. The average Bonchev–Trinajstić information content (AvgIpc) is 2.34. The maximum atomic E-state index is 5.84. The lowest BCUT2D eigenvalue weighted by Gasteiger charge is -2.11. The van der Waals surface area contributed by atoms with Gasteiger partial charge in [0.05, 0.1) is 12.3 Å². The van der Waals surface area contributed by atoms with E-state index in [2.05, 4.69) is 24.4 Å². The molecule has 0 spiro atoms. The number of nitrogens with one attached hydrogen (secondary N) is 1. The van der Waals surface area contributed by atoms with E-state index in [0.29, 0.717) is 12.3 Å². The summed E-state index contributed by atoms with van der Waals surface area (Å²) >= 11 is 0. The van der Waals surface area contributed by atoms with Crippen molar-refractivity contribution in [2.45, 2.75) is 13.8 Å². The van der Waals surface area contributed by atoms with Gasteiger partial charge in [0.2, 0.25) is 0 Å². The maximum absolute atomic E-state index is 5.84. The molecule has 3 nitrogen and oxygen atoms in total. The van der Waals surface area contributed by atoms with Gasteiger partial charge in [-0.1, -0.05) is 12.1 Å². The third kappa shape index (κ3) is 2.94. The average molecular weight is 242 g/mol. The zero-order valence-electron chi connectivity index (χ0n) is 10.7. The number of hydrogen-bond donors (Lipinski definition) is 2. The van der Waals surface area contributed by atoms with Gasteiger partial charge in [0.15, 0.2) is 0 Å². The van der Waals surface area contributed by atoms with Gasteiger partial charge in [-0.05, 0) is 43.7 Å². The lowest BCUT2D eigenvalue weighted by molar-refractivity contribution is 0.342. The Balaban J connectivity index is 2.21. The van der Waals surface area contributed by atoms with Crippen molar-refractivity contribution in [3.05, 3.63) is 48.0 Å². The molecular formula is C15H18N2O. The zero-order valence-corrected chi connectivity index (χ0v) is 10.7. The summed E-state index contributed by atoms with van der Waals surface area (Å²) in [5.74, 6) is 0.718. The van der Waals surface area contributed by atoms with E-state index in [-0.39, 0.29) is 0 Å². The van der Waals surface area contributed by atoms with Gasteiger partial charge in [0, 0.05) is 17.4 Å². The number of benzene rings is 2. The van der Waals surface area contributed by atoms with E-state index < -0.39 is 0 Å². The van der Waals surface area contributed by atoms with Crippen molar-refractivity contribution in [2.75, 3.05) is 17.7 Å². The normalized spacial score (nSPS) is 10.1. The molecule has 0 aliphatic rings. The van der Waals surface area contributed by atoms with Gasteiger partial charge >= 0.3 is 0 Å². The SMILES string of the molecule is CCOc1cc(Nc2cccc(C)c2)ccc1N. The van der Waals surface area contributed by atoms with E-state index in [1.54, 1.807) is 0 Å². The molecule has 0 heterocycles. The largest absolute Gasteiger partial charge is 0.492 e. The fraction of sp³-hybridized carbons (Fsp3) is 0.200. The van der Waals surface area contributed by atoms with Crippen molar-refractivity contribution in [3.63, 3.8) is 0 Å². The van der Waals surface area contributed by atoms with Crippen LogP contribution in [0.4, 0.5) is 17.1 Å². The molecule has 2 aromatic carbocycles. The van der Waals surface area contributed by atoms with E-state index in [0.717, 1.165) is 17.1 Å². The second kappa shape index (κ2) is 5.45. The molecule has 0 bridgehead atoms. The van der Waals surface area contributed by atoms with Crippen LogP contribution in [0.5, 0.6) is 5.75 Å². The Kier molecular flexibility index (Phi) is 3.72. The Hall–Kier alpha value is -2.16. The number of hydrogen-bond acceptors (Lipinski definition) is 3. The number of nitrogen functional groups attached to an aromatic ring is 1. The summed E-state index contributed by atoms with van der Waals surface area (Å²) in [5.41, 5.74) is 9.75. The van der Waals surface area contributed by atoms with Crippen LogP contribution in [0, 0.1) is 6.92 Å². The smallest absolute Gasteiger partial charge is 0.144 e. The minimum absolute atomic E-state index is 0.609. The molecule has 2 aromatic rings. The van der Waals surface area contributed by atoms with Crippen LogP contribution in [-0.2, 0) is 0 Å². The first kappa shape index (κ1) is 12.3. The van der Waals surface area contributed by atoms with Gasteiger partial charge in [-0.25, -0.2) is 0 Å². The molecule has 0 aliphatic carbocycles. The van der Waals surface area contributed by atoms with E-state index >= 15 is 0 Å². The molecule has 0 aliphatic heterocycles. The Labute approximate surface area is 108 Å². The van der Waals surface area contributed by atoms with Gasteiger partial charge in [0.1, 0.15) is 5.75 Å². The summed E-state index contributed by atoms with van der Waals surface area (Å²) < 4.78 is 5.47. The lowest BCUT2D eigenvalue weighted by atomic mass is 10.2. The molecule has 0 saturated heterocycles. The fourth-order valence-electron chi connectivity index (χ4n) is 1.78. The first-order valence-electron chi connectivity index (χ1n) is 6.05. The molecule has 3 N–H and O–H groups in total. The fourth-order valence-corrected chi connectivity index (χ4v) is 1.78. The second-order valence-electron chi connectivity index (χ2n) is 4.18. The van der Waals surface area contributed by atoms with Crippen molar-refractivity contribution in [1.82, 2.24) is 0 Å². The first-order chi connectivity index (χ1) is 8.69. The van der Waals surface area contributed by atoms with E-state index in [9.17, 15) is 0 Å². The lowest BCUT2D eigenvalue weighted by Crippen LogP contribution is -1.98. The quantitative estimate of drug-likeness (QED) is 0.803. The molecule has 0 unspecified atom stereocenters. The second-order valence-corrected chi connectivity index (χ2v) is 4.18. The topological polar surface area (TPSA) is 47.3 Å². The summed E-state index contributed by atoms with van der Waals surface area (Å²) in [4.78, 5) is 0. The van der Waals surface area contributed by atoms with Gasteiger partial charge in [-0.3, -0.25) is 0 Å². The molecule has 0 saturated carbocycles. The van der Waals surface area contributed by atoms with Crippen LogP contribution >= 0.6 is 0 Å². The summed E-state index contributed by atoms with van der Waals surface area (Å²) in [6.45, 7) is 4.62. The van der Waals surface area contributed by atoms with Crippen LogP contribution in [0.25, 0.3) is 0 Å². The highest BCUT2D eigenvalue weighted by Gasteiger charge is 2.02. The molecule has 2 rings (SSSR count). The van der Waals surface area contributed by atoms with Crippen LogP contribution in [-0.4, -0.2) is 6.61 Å². The van der Waals surface area contributed by atoms with Gasteiger partial charge in [-0.15, -0.1) is 0 Å². The predicted octanol–water partition coefficient (Wildman–Crippen LogP) is 3.72. The molecular weight excluding hydrogens is 224 g/mol. The minimum atomic E-state index is 0.609. The standard InChI is InChI=1S/C15H18N2O/c1-3-18-15-10-13(7-8-14(15)16)17-12-6-4-5-11(2)9-12/h4-10,17H,3,16H2,1-2H3. The summed E-state index contributed by atoms with van der Waals surface area (Å²) in [7, 11) is 0. The third-order valence-electron chi connectivity index (χ3n) is 2.62. The van der Waals surface area contributed by atoms with Crippen LogP contribution in [0.1, 0.15) is 12.5 Å². The van der Waals surface area contributed by atoms with Crippen LogP contribution < -0.4 is 15.8 Å². The maximum Gasteiger partial charge on any atom is 0.144 e. The van der Waals surface area contributed by atoms with Crippen molar-refractivity contribution in [3.8, 4) is 5.75 Å². The Bertz CT molecular complexity index is 538. The summed E-state index contributed by atoms with van der Waals surface area (Å²) in [6.07, 6.45) is 0. The van der Waals surface area contributed by atoms with E-state index in [1.165, 1.54) is 5.56 Å². The first-order valence-corrected chi connectivity index (χ1v) is 6.05. The van der Waals surface area contributed by atoms with Gasteiger partial charge in [0.25, 0.3) is 0 Å². The van der Waals surface area contributed by atoms with Gasteiger partial charge < -0.3 is 15.8 Å².